The van der Waals surface area contributed by atoms with E-state index < -0.39 is 0 Å². The Morgan fingerprint density at radius 1 is 1.14 bits per heavy atom. The molecule has 2 nitrogen and oxygen atoms in total. The Bertz CT molecular complexity index is 269. The first-order chi connectivity index (χ1) is 6.70. The number of rotatable bonds is 1. The minimum absolute atomic E-state index is 0.167. The molecule has 3 saturated carbocycles. The molecule has 1 saturated heterocycles. The van der Waals surface area contributed by atoms with Gasteiger partial charge in [0.15, 0.2) is 0 Å². The number of hydrogen-bond donors (Lipinski definition) is 0. The van der Waals surface area contributed by atoms with Crippen LogP contribution in [-0.2, 0) is 9.47 Å². The standard InChI is InChI=1S/C12H18O2/c1-13-9-6-12(9)8-10(2-3-10)7-11(14-12)4-5-11/h9H,2-8H2,1H3. The van der Waals surface area contributed by atoms with Crippen molar-refractivity contribution in [2.75, 3.05) is 7.11 Å². The second-order valence-corrected chi connectivity index (χ2v) is 6.13. The quantitative estimate of drug-likeness (QED) is 0.637. The van der Waals surface area contributed by atoms with Gasteiger partial charge in [0.2, 0.25) is 0 Å². The Labute approximate surface area is 85.0 Å². The summed E-state index contributed by atoms with van der Waals surface area (Å²) in [7, 11) is 1.83. The van der Waals surface area contributed by atoms with Crippen LogP contribution in [0.4, 0.5) is 0 Å². The molecule has 78 valence electrons. The molecule has 2 atom stereocenters. The van der Waals surface area contributed by atoms with E-state index in [-0.39, 0.29) is 5.60 Å². The van der Waals surface area contributed by atoms with Crippen LogP contribution in [0, 0.1) is 5.41 Å². The van der Waals surface area contributed by atoms with Crippen LogP contribution in [0.1, 0.15) is 44.9 Å². The second kappa shape index (κ2) is 2.05. The summed E-state index contributed by atoms with van der Waals surface area (Å²) in [5.74, 6) is 0. The van der Waals surface area contributed by atoms with Gasteiger partial charge < -0.3 is 9.47 Å². The second-order valence-electron chi connectivity index (χ2n) is 6.13. The van der Waals surface area contributed by atoms with Crippen LogP contribution in [0.25, 0.3) is 0 Å². The van der Waals surface area contributed by atoms with Crippen molar-refractivity contribution < 1.29 is 9.47 Å². The van der Waals surface area contributed by atoms with Crippen molar-refractivity contribution in [3.05, 3.63) is 0 Å². The largest absolute Gasteiger partial charge is 0.378 e. The summed E-state index contributed by atoms with van der Waals surface area (Å²) in [6.07, 6.45) is 9.76. The minimum atomic E-state index is 0.167. The normalized spacial score (nSPS) is 49.9. The molecule has 0 N–H and O–H groups in total. The Balaban J connectivity index is 1.63. The lowest BCUT2D eigenvalue weighted by Gasteiger charge is -2.37. The molecular formula is C12H18O2. The van der Waals surface area contributed by atoms with Gasteiger partial charge in [-0.05, 0) is 43.9 Å². The third-order valence-electron chi connectivity index (χ3n) is 4.80. The van der Waals surface area contributed by atoms with E-state index in [9.17, 15) is 0 Å². The molecule has 4 fully saturated rings. The van der Waals surface area contributed by atoms with E-state index in [1.165, 1.54) is 38.5 Å². The zero-order valence-corrected chi connectivity index (χ0v) is 8.84. The van der Waals surface area contributed by atoms with E-state index in [0.29, 0.717) is 17.1 Å². The fourth-order valence-electron chi connectivity index (χ4n) is 3.68. The van der Waals surface area contributed by atoms with E-state index in [2.05, 4.69) is 0 Å². The SMILES string of the molecule is COC1CC12CC1(CC1)CC1(CC1)O2. The molecule has 0 radical (unpaired) electrons. The number of ether oxygens (including phenoxy) is 2. The summed E-state index contributed by atoms with van der Waals surface area (Å²) in [6, 6.07) is 0. The van der Waals surface area contributed by atoms with Crippen molar-refractivity contribution in [1.29, 1.82) is 0 Å². The lowest BCUT2D eigenvalue weighted by atomic mass is 9.86. The molecule has 4 aliphatic rings. The average Bonchev–Trinajstić information content (AvgIpc) is 3.05. The van der Waals surface area contributed by atoms with Crippen molar-refractivity contribution in [3.8, 4) is 0 Å². The van der Waals surface area contributed by atoms with Crippen molar-refractivity contribution in [1.82, 2.24) is 0 Å². The molecule has 0 amide bonds. The first-order valence-corrected chi connectivity index (χ1v) is 5.93. The molecule has 1 heterocycles. The Morgan fingerprint density at radius 2 is 1.93 bits per heavy atom. The summed E-state index contributed by atoms with van der Waals surface area (Å²) in [6.45, 7) is 0. The molecule has 0 bridgehead atoms. The maximum absolute atomic E-state index is 6.34. The van der Waals surface area contributed by atoms with Gasteiger partial charge in [-0.1, -0.05) is 0 Å². The molecule has 2 unspecified atom stereocenters. The predicted octanol–water partition coefficient (Wildman–Crippen LogP) is 2.27. The van der Waals surface area contributed by atoms with Crippen LogP contribution < -0.4 is 0 Å². The van der Waals surface area contributed by atoms with E-state index >= 15 is 0 Å². The van der Waals surface area contributed by atoms with Crippen LogP contribution >= 0.6 is 0 Å². The minimum Gasteiger partial charge on any atom is -0.378 e. The molecule has 0 aromatic carbocycles. The van der Waals surface area contributed by atoms with E-state index in [1.807, 2.05) is 7.11 Å². The lowest BCUT2D eigenvalue weighted by molar-refractivity contribution is -0.131. The van der Waals surface area contributed by atoms with Gasteiger partial charge in [-0.3, -0.25) is 0 Å². The molecule has 0 aromatic rings. The van der Waals surface area contributed by atoms with Crippen molar-refractivity contribution in [2.24, 2.45) is 5.41 Å². The Hall–Kier alpha value is -0.0800. The van der Waals surface area contributed by atoms with Gasteiger partial charge in [0.25, 0.3) is 0 Å². The van der Waals surface area contributed by atoms with Gasteiger partial charge in [0.1, 0.15) is 0 Å². The van der Waals surface area contributed by atoms with Gasteiger partial charge in [-0.15, -0.1) is 0 Å². The first-order valence-electron chi connectivity index (χ1n) is 5.93. The molecule has 2 heteroatoms. The molecule has 4 rings (SSSR count). The summed E-state index contributed by atoms with van der Waals surface area (Å²) >= 11 is 0. The zero-order valence-electron chi connectivity index (χ0n) is 8.84. The lowest BCUT2D eigenvalue weighted by Crippen LogP contribution is -2.39. The first kappa shape index (κ1) is 8.12. The monoisotopic (exact) mass is 194 g/mol. The highest BCUT2D eigenvalue weighted by molar-refractivity contribution is 5.21. The number of hydrogen-bond acceptors (Lipinski definition) is 2. The Morgan fingerprint density at radius 3 is 2.43 bits per heavy atom. The molecule has 3 aliphatic carbocycles. The topological polar surface area (TPSA) is 18.5 Å². The smallest absolute Gasteiger partial charge is 0.0982 e. The van der Waals surface area contributed by atoms with Gasteiger partial charge in [-0.25, -0.2) is 0 Å². The summed E-state index contributed by atoms with van der Waals surface area (Å²) in [5.41, 5.74) is 1.18. The molecule has 1 aliphatic heterocycles. The maximum Gasteiger partial charge on any atom is 0.0982 e. The van der Waals surface area contributed by atoms with Crippen molar-refractivity contribution in [3.63, 3.8) is 0 Å². The third kappa shape index (κ3) is 0.938. The predicted molar refractivity (Wildman–Crippen MR) is 52.1 cm³/mol. The fraction of sp³-hybridized carbons (Fsp3) is 1.00. The summed E-state index contributed by atoms with van der Waals surface area (Å²) < 4.78 is 11.8. The third-order valence-corrected chi connectivity index (χ3v) is 4.80. The zero-order chi connectivity index (χ0) is 9.44. The fourth-order valence-corrected chi connectivity index (χ4v) is 3.68. The van der Waals surface area contributed by atoms with Crippen molar-refractivity contribution >= 4 is 0 Å². The van der Waals surface area contributed by atoms with Gasteiger partial charge in [0, 0.05) is 13.5 Å². The van der Waals surface area contributed by atoms with E-state index in [1.54, 1.807) is 0 Å². The van der Waals surface area contributed by atoms with Gasteiger partial charge >= 0.3 is 0 Å². The highest BCUT2D eigenvalue weighted by atomic mass is 16.6. The van der Waals surface area contributed by atoms with Crippen LogP contribution in [0.3, 0.4) is 0 Å². The summed E-state index contributed by atoms with van der Waals surface area (Å²) in [5, 5.41) is 0. The molecular weight excluding hydrogens is 176 g/mol. The van der Waals surface area contributed by atoms with Crippen molar-refractivity contribution in [2.45, 2.75) is 62.3 Å². The average molecular weight is 194 g/mol. The number of methoxy groups -OCH3 is 1. The highest BCUT2D eigenvalue weighted by Gasteiger charge is 2.71. The van der Waals surface area contributed by atoms with Crippen LogP contribution in [0.5, 0.6) is 0 Å². The van der Waals surface area contributed by atoms with Gasteiger partial charge in [-0.2, -0.15) is 0 Å². The van der Waals surface area contributed by atoms with E-state index in [0.717, 1.165) is 6.42 Å². The Kier molecular flexibility index (Phi) is 1.19. The maximum atomic E-state index is 6.34. The highest BCUT2D eigenvalue weighted by Crippen LogP contribution is 2.71. The van der Waals surface area contributed by atoms with Gasteiger partial charge in [0.05, 0.1) is 17.3 Å². The van der Waals surface area contributed by atoms with Crippen LogP contribution in [-0.4, -0.2) is 24.4 Å². The van der Waals surface area contributed by atoms with Crippen LogP contribution in [0.2, 0.25) is 0 Å². The summed E-state index contributed by atoms with van der Waals surface area (Å²) in [4.78, 5) is 0. The molecule has 0 aromatic heterocycles. The molecule has 3 spiro atoms. The van der Waals surface area contributed by atoms with Crippen LogP contribution in [0.15, 0.2) is 0 Å². The molecule has 14 heavy (non-hydrogen) atoms. The van der Waals surface area contributed by atoms with E-state index in [4.69, 9.17) is 9.47 Å².